The lowest BCUT2D eigenvalue weighted by Gasteiger charge is -2.27. The number of nitrogens with one attached hydrogen (secondary N) is 2. The lowest BCUT2D eigenvalue weighted by Crippen LogP contribution is -2.43. The zero-order chi connectivity index (χ0) is 17.6. The van der Waals surface area contributed by atoms with E-state index in [2.05, 4.69) is 21.6 Å². The summed E-state index contributed by atoms with van der Waals surface area (Å²) in [6.07, 6.45) is 1.44. The molecule has 0 aliphatic carbocycles. The minimum atomic E-state index is -0.290. The summed E-state index contributed by atoms with van der Waals surface area (Å²) in [6.45, 7) is 4.94. The molecule has 0 aromatic carbocycles. The summed E-state index contributed by atoms with van der Waals surface area (Å²) < 4.78 is 0. The maximum atomic E-state index is 12.3. The molecule has 2 amide bonds. The lowest BCUT2D eigenvalue weighted by atomic mass is 10.2. The molecule has 8 heteroatoms. The van der Waals surface area contributed by atoms with Crippen molar-refractivity contribution in [2.75, 3.05) is 52.4 Å². The molecule has 0 aromatic rings. The summed E-state index contributed by atoms with van der Waals surface area (Å²) in [5, 5.41) is 23.5. The van der Waals surface area contributed by atoms with Gasteiger partial charge >= 0.3 is 0 Å². The molecule has 0 aromatic heterocycles. The molecule has 1 aliphatic heterocycles. The first-order valence-corrected chi connectivity index (χ1v) is 8.39. The SMILES string of the molecule is N#CCCN1CCCNCCNC(=O)CC(=O)N(CCC#N)CC1. The zero-order valence-corrected chi connectivity index (χ0v) is 14.1. The third-order valence-corrected chi connectivity index (χ3v) is 3.84. The van der Waals surface area contributed by atoms with Crippen LogP contribution in [0.15, 0.2) is 0 Å². The molecule has 1 heterocycles. The number of carbonyl (C=O) groups is 2. The highest BCUT2D eigenvalue weighted by Crippen LogP contribution is 2.01. The average molecular weight is 334 g/mol. The van der Waals surface area contributed by atoms with Crippen LogP contribution in [-0.2, 0) is 9.59 Å². The molecule has 0 saturated carbocycles. The Morgan fingerprint density at radius 1 is 0.958 bits per heavy atom. The number of hydrogen-bond acceptors (Lipinski definition) is 6. The average Bonchev–Trinajstić information content (AvgIpc) is 2.57. The highest BCUT2D eigenvalue weighted by molar-refractivity contribution is 5.96. The maximum absolute atomic E-state index is 12.3. The van der Waals surface area contributed by atoms with Crippen molar-refractivity contribution in [1.29, 1.82) is 10.5 Å². The third kappa shape index (κ3) is 8.47. The van der Waals surface area contributed by atoms with E-state index in [4.69, 9.17) is 10.5 Å². The first-order valence-electron chi connectivity index (χ1n) is 8.39. The highest BCUT2D eigenvalue weighted by Gasteiger charge is 2.18. The summed E-state index contributed by atoms with van der Waals surface area (Å²) in [6, 6.07) is 4.18. The normalized spacial score (nSPS) is 19.0. The lowest BCUT2D eigenvalue weighted by molar-refractivity contribution is -0.136. The molecular formula is C16H26N6O2. The smallest absolute Gasteiger partial charge is 0.232 e. The fourth-order valence-electron chi connectivity index (χ4n) is 2.51. The van der Waals surface area contributed by atoms with Crippen LogP contribution in [0.5, 0.6) is 0 Å². The number of amides is 2. The Hall–Kier alpha value is -2.16. The van der Waals surface area contributed by atoms with Crippen LogP contribution in [0, 0.1) is 22.7 Å². The van der Waals surface area contributed by atoms with Gasteiger partial charge in [0, 0.05) is 45.7 Å². The van der Waals surface area contributed by atoms with Gasteiger partial charge in [-0.2, -0.15) is 10.5 Å². The Balaban J connectivity index is 2.69. The van der Waals surface area contributed by atoms with Crippen molar-refractivity contribution in [2.24, 2.45) is 0 Å². The number of rotatable bonds is 4. The first-order chi connectivity index (χ1) is 11.7. The standard InChI is InChI=1S/C16H26N6O2/c17-4-1-9-21-10-3-6-19-7-8-20-15(23)14-16(24)22(13-12-21)11-2-5-18/h19H,1-3,6-14H2,(H,20,23). The Bertz CT molecular complexity index is 482. The summed E-state index contributed by atoms with van der Waals surface area (Å²) in [7, 11) is 0. The van der Waals surface area contributed by atoms with Gasteiger partial charge < -0.3 is 20.4 Å². The van der Waals surface area contributed by atoms with E-state index >= 15 is 0 Å². The molecule has 0 bridgehead atoms. The van der Waals surface area contributed by atoms with Crippen molar-refractivity contribution in [2.45, 2.75) is 25.7 Å². The van der Waals surface area contributed by atoms with Crippen LogP contribution in [0.3, 0.4) is 0 Å². The van der Waals surface area contributed by atoms with E-state index in [9.17, 15) is 9.59 Å². The fraction of sp³-hybridized carbons (Fsp3) is 0.750. The van der Waals surface area contributed by atoms with Gasteiger partial charge in [-0.25, -0.2) is 0 Å². The van der Waals surface area contributed by atoms with Gasteiger partial charge in [-0.15, -0.1) is 0 Å². The molecule has 24 heavy (non-hydrogen) atoms. The van der Waals surface area contributed by atoms with Crippen LogP contribution < -0.4 is 10.6 Å². The van der Waals surface area contributed by atoms with Gasteiger partial charge in [-0.3, -0.25) is 9.59 Å². The molecule has 0 spiro atoms. The van der Waals surface area contributed by atoms with E-state index in [0.717, 1.165) is 19.5 Å². The molecule has 0 radical (unpaired) electrons. The largest absolute Gasteiger partial charge is 0.354 e. The molecule has 1 saturated heterocycles. The van der Waals surface area contributed by atoms with E-state index in [1.165, 1.54) is 0 Å². The third-order valence-electron chi connectivity index (χ3n) is 3.84. The Morgan fingerprint density at radius 2 is 1.71 bits per heavy atom. The molecular weight excluding hydrogens is 308 g/mol. The second-order valence-electron chi connectivity index (χ2n) is 5.67. The topological polar surface area (TPSA) is 112 Å². The number of carbonyl (C=O) groups excluding carboxylic acids is 2. The molecule has 8 nitrogen and oxygen atoms in total. The summed E-state index contributed by atoms with van der Waals surface area (Å²) in [4.78, 5) is 27.8. The van der Waals surface area contributed by atoms with Gasteiger partial charge in [0.05, 0.1) is 18.6 Å². The van der Waals surface area contributed by atoms with Crippen molar-refractivity contribution >= 4 is 11.8 Å². The van der Waals surface area contributed by atoms with E-state index in [-0.39, 0.29) is 24.7 Å². The van der Waals surface area contributed by atoms with Crippen LogP contribution in [0.25, 0.3) is 0 Å². The van der Waals surface area contributed by atoms with E-state index in [1.807, 2.05) is 6.07 Å². The molecule has 2 N–H and O–H groups in total. The molecule has 0 unspecified atom stereocenters. The second-order valence-corrected chi connectivity index (χ2v) is 5.67. The zero-order valence-electron chi connectivity index (χ0n) is 14.1. The van der Waals surface area contributed by atoms with Crippen molar-refractivity contribution in [3.63, 3.8) is 0 Å². The van der Waals surface area contributed by atoms with Crippen molar-refractivity contribution in [3.8, 4) is 12.1 Å². The summed E-state index contributed by atoms with van der Waals surface area (Å²) in [5.74, 6) is -0.546. The molecule has 1 rings (SSSR count). The minimum absolute atomic E-state index is 0.191. The van der Waals surface area contributed by atoms with Gasteiger partial charge in [0.2, 0.25) is 11.8 Å². The minimum Gasteiger partial charge on any atom is -0.354 e. The number of nitrogens with zero attached hydrogens (tertiary/aromatic N) is 4. The van der Waals surface area contributed by atoms with Crippen molar-refractivity contribution < 1.29 is 9.59 Å². The van der Waals surface area contributed by atoms with Crippen LogP contribution in [0.1, 0.15) is 25.7 Å². The van der Waals surface area contributed by atoms with E-state index in [1.54, 1.807) is 4.90 Å². The molecule has 1 fully saturated rings. The molecule has 132 valence electrons. The summed E-state index contributed by atoms with van der Waals surface area (Å²) in [5.41, 5.74) is 0. The van der Waals surface area contributed by atoms with E-state index < -0.39 is 0 Å². The van der Waals surface area contributed by atoms with Gasteiger partial charge in [0.1, 0.15) is 6.42 Å². The van der Waals surface area contributed by atoms with Gasteiger partial charge in [-0.05, 0) is 19.5 Å². The van der Waals surface area contributed by atoms with Gasteiger partial charge in [0.15, 0.2) is 0 Å². The van der Waals surface area contributed by atoms with Crippen molar-refractivity contribution in [1.82, 2.24) is 20.4 Å². The summed E-state index contributed by atoms with van der Waals surface area (Å²) >= 11 is 0. The van der Waals surface area contributed by atoms with Crippen molar-refractivity contribution in [3.05, 3.63) is 0 Å². The Morgan fingerprint density at radius 3 is 2.46 bits per heavy atom. The Labute approximate surface area is 143 Å². The van der Waals surface area contributed by atoms with Crippen LogP contribution in [-0.4, -0.2) is 74.0 Å². The quantitative estimate of drug-likeness (QED) is 0.667. The monoisotopic (exact) mass is 334 g/mol. The first kappa shape index (κ1) is 19.9. The maximum Gasteiger partial charge on any atom is 0.232 e. The number of nitriles is 2. The second kappa shape index (κ2) is 12.3. The van der Waals surface area contributed by atoms with Crippen LogP contribution in [0.2, 0.25) is 0 Å². The fourth-order valence-corrected chi connectivity index (χ4v) is 2.51. The van der Waals surface area contributed by atoms with Gasteiger partial charge in [0.25, 0.3) is 0 Å². The predicted octanol–water partition coefficient (Wildman–Crippen LogP) is -0.556. The predicted molar refractivity (Wildman–Crippen MR) is 88.6 cm³/mol. The highest BCUT2D eigenvalue weighted by atomic mass is 16.2. The van der Waals surface area contributed by atoms with Crippen LogP contribution >= 0.6 is 0 Å². The molecule has 0 atom stereocenters. The van der Waals surface area contributed by atoms with Crippen LogP contribution in [0.4, 0.5) is 0 Å². The van der Waals surface area contributed by atoms with Gasteiger partial charge in [-0.1, -0.05) is 0 Å². The number of hydrogen-bond donors (Lipinski definition) is 2. The molecule has 1 aliphatic rings. The van der Waals surface area contributed by atoms with E-state index in [0.29, 0.717) is 45.7 Å². The Kier molecular flexibility index (Phi) is 10.2.